The maximum absolute atomic E-state index is 12.8. The molecule has 2 aromatic rings. The second kappa shape index (κ2) is 9.08. The lowest BCUT2D eigenvalue weighted by molar-refractivity contribution is -0.182. The summed E-state index contributed by atoms with van der Waals surface area (Å²) in [6.07, 6.45) is -0.975. The second-order valence-electron chi connectivity index (χ2n) is 7.08. The highest BCUT2D eigenvalue weighted by Crippen LogP contribution is 2.37. The molecule has 0 amide bonds. The number of pyridine rings is 1. The molecule has 7 heteroatoms. The number of nitrogens with zero attached hydrogens (tertiary/aromatic N) is 2. The van der Waals surface area contributed by atoms with E-state index in [2.05, 4.69) is 26.7 Å². The largest absolute Gasteiger partial charge is 0.391 e. The van der Waals surface area contributed by atoms with Crippen LogP contribution in [0.25, 0.3) is 11.3 Å². The molecule has 1 aliphatic carbocycles. The third kappa shape index (κ3) is 5.47. The van der Waals surface area contributed by atoms with Crippen LogP contribution in [0.5, 0.6) is 0 Å². The predicted octanol–water partition coefficient (Wildman–Crippen LogP) is 4.53. The molecule has 1 heterocycles. The lowest BCUT2D eigenvalue weighted by Gasteiger charge is -2.31. The number of nitrogens with one attached hydrogen (secondary N) is 2. The Balaban J connectivity index is 1.53. The van der Waals surface area contributed by atoms with Crippen molar-refractivity contribution in [2.24, 2.45) is 10.9 Å². The smallest absolute Gasteiger partial charge is 0.354 e. The average molecular weight is 390 g/mol. The van der Waals surface area contributed by atoms with E-state index in [1.807, 2.05) is 36.4 Å². The fourth-order valence-corrected chi connectivity index (χ4v) is 3.51. The molecule has 0 radical (unpaired) electrons. The molecule has 1 aromatic carbocycles. The SMILES string of the molecule is CN=C(NCc1cccc(-c2ccccn2)c1)NC1CCC(C(F)(F)F)CC1. The van der Waals surface area contributed by atoms with E-state index in [0.717, 1.165) is 16.8 Å². The highest BCUT2D eigenvalue weighted by molar-refractivity contribution is 5.80. The van der Waals surface area contributed by atoms with Gasteiger partial charge in [-0.15, -0.1) is 0 Å². The maximum Gasteiger partial charge on any atom is 0.391 e. The molecular weight excluding hydrogens is 365 g/mol. The maximum atomic E-state index is 12.8. The molecule has 3 rings (SSSR count). The Morgan fingerprint density at radius 2 is 1.89 bits per heavy atom. The van der Waals surface area contributed by atoms with Crippen LogP contribution in [0.4, 0.5) is 13.2 Å². The minimum absolute atomic E-state index is 0.0182. The fourth-order valence-electron chi connectivity index (χ4n) is 3.51. The number of rotatable bonds is 4. The molecule has 0 unspecified atom stereocenters. The first-order chi connectivity index (χ1) is 13.5. The highest BCUT2D eigenvalue weighted by atomic mass is 19.4. The summed E-state index contributed by atoms with van der Waals surface area (Å²) < 4.78 is 38.4. The summed E-state index contributed by atoms with van der Waals surface area (Å²) >= 11 is 0. The Morgan fingerprint density at radius 1 is 1.11 bits per heavy atom. The average Bonchev–Trinajstić information content (AvgIpc) is 2.71. The Bertz CT molecular complexity index is 782. The number of aromatic nitrogens is 1. The van der Waals surface area contributed by atoms with Gasteiger partial charge in [0, 0.05) is 31.4 Å². The quantitative estimate of drug-likeness (QED) is 0.596. The van der Waals surface area contributed by atoms with E-state index in [4.69, 9.17) is 0 Å². The van der Waals surface area contributed by atoms with Crippen LogP contribution < -0.4 is 10.6 Å². The molecule has 2 N–H and O–H groups in total. The van der Waals surface area contributed by atoms with Gasteiger partial charge in [-0.2, -0.15) is 13.2 Å². The van der Waals surface area contributed by atoms with Crippen LogP contribution in [0.1, 0.15) is 31.2 Å². The van der Waals surface area contributed by atoms with Crippen molar-refractivity contribution in [3.8, 4) is 11.3 Å². The van der Waals surface area contributed by atoms with Gasteiger partial charge in [-0.25, -0.2) is 0 Å². The van der Waals surface area contributed by atoms with Crippen molar-refractivity contribution >= 4 is 5.96 Å². The van der Waals surface area contributed by atoms with Gasteiger partial charge in [-0.05, 0) is 49.4 Å². The number of hydrogen-bond donors (Lipinski definition) is 2. The van der Waals surface area contributed by atoms with Gasteiger partial charge < -0.3 is 10.6 Å². The van der Waals surface area contributed by atoms with Crippen LogP contribution >= 0.6 is 0 Å². The molecule has 1 aliphatic rings. The summed E-state index contributed by atoms with van der Waals surface area (Å²) in [6.45, 7) is 0.568. The van der Waals surface area contributed by atoms with E-state index in [1.165, 1.54) is 0 Å². The zero-order valence-electron chi connectivity index (χ0n) is 15.8. The molecule has 0 saturated heterocycles. The summed E-state index contributed by atoms with van der Waals surface area (Å²) in [5.41, 5.74) is 3.02. The van der Waals surface area contributed by atoms with E-state index >= 15 is 0 Å². The first kappa shape index (κ1) is 20.2. The molecule has 0 spiro atoms. The van der Waals surface area contributed by atoms with Gasteiger partial charge in [-0.3, -0.25) is 9.98 Å². The lowest BCUT2D eigenvalue weighted by Crippen LogP contribution is -2.45. The first-order valence-electron chi connectivity index (χ1n) is 9.50. The molecule has 0 atom stereocenters. The Kier molecular flexibility index (Phi) is 6.54. The van der Waals surface area contributed by atoms with Crippen molar-refractivity contribution in [2.45, 2.75) is 44.4 Å². The molecule has 0 aliphatic heterocycles. The third-order valence-corrected chi connectivity index (χ3v) is 5.10. The first-order valence-corrected chi connectivity index (χ1v) is 9.50. The molecule has 1 saturated carbocycles. The van der Waals surface area contributed by atoms with E-state index in [1.54, 1.807) is 13.2 Å². The molecule has 150 valence electrons. The number of halogens is 3. The fraction of sp³-hybridized carbons (Fsp3) is 0.429. The summed E-state index contributed by atoms with van der Waals surface area (Å²) in [5.74, 6) is -0.562. The minimum Gasteiger partial charge on any atom is -0.354 e. The van der Waals surface area contributed by atoms with E-state index in [-0.39, 0.29) is 18.9 Å². The zero-order valence-corrected chi connectivity index (χ0v) is 15.8. The number of guanidine groups is 1. The summed E-state index contributed by atoms with van der Waals surface area (Å²) in [7, 11) is 1.67. The van der Waals surface area contributed by atoms with Gasteiger partial charge in [-0.1, -0.05) is 24.3 Å². The van der Waals surface area contributed by atoms with Gasteiger partial charge in [0.1, 0.15) is 0 Å². The zero-order chi connectivity index (χ0) is 20.0. The van der Waals surface area contributed by atoms with Crippen molar-refractivity contribution < 1.29 is 13.2 Å². The van der Waals surface area contributed by atoms with Gasteiger partial charge in [0.05, 0.1) is 11.6 Å². The molecule has 1 fully saturated rings. The van der Waals surface area contributed by atoms with Gasteiger partial charge in [0.25, 0.3) is 0 Å². The molecule has 28 heavy (non-hydrogen) atoms. The highest BCUT2D eigenvalue weighted by Gasteiger charge is 2.41. The van der Waals surface area contributed by atoms with E-state index in [9.17, 15) is 13.2 Å². The lowest BCUT2D eigenvalue weighted by atomic mass is 9.85. The van der Waals surface area contributed by atoms with Crippen LogP contribution in [-0.4, -0.2) is 30.2 Å². The van der Waals surface area contributed by atoms with Crippen molar-refractivity contribution in [3.63, 3.8) is 0 Å². The van der Waals surface area contributed by atoms with Crippen molar-refractivity contribution in [3.05, 3.63) is 54.2 Å². The van der Waals surface area contributed by atoms with Gasteiger partial charge in [0.2, 0.25) is 0 Å². The third-order valence-electron chi connectivity index (χ3n) is 5.10. The van der Waals surface area contributed by atoms with Crippen molar-refractivity contribution in [1.82, 2.24) is 15.6 Å². The Morgan fingerprint density at radius 3 is 2.54 bits per heavy atom. The minimum atomic E-state index is -4.08. The van der Waals surface area contributed by atoms with Crippen molar-refractivity contribution in [2.75, 3.05) is 7.05 Å². The van der Waals surface area contributed by atoms with E-state index in [0.29, 0.717) is 25.3 Å². The molecule has 1 aromatic heterocycles. The number of hydrogen-bond acceptors (Lipinski definition) is 2. The Labute approximate surface area is 163 Å². The van der Waals surface area contributed by atoms with Crippen LogP contribution in [0.3, 0.4) is 0 Å². The summed E-state index contributed by atoms with van der Waals surface area (Å²) in [4.78, 5) is 8.57. The number of benzene rings is 1. The van der Waals surface area contributed by atoms with Gasteiger partial charge >= 0.3 is 6.18 Å². The topological polar surface area (TPSA) is 49.3 Å². The van der Waals surface area contributed by atoms with Crippen LogP contribution in [0.2, 0.25) is 0 Å². The standard InChI is InChI=1S/C21H25F3N4/c1-25-20(28-18-10-8-17(9-11-18)21(22,23)24)27-14-15-5-4-6-16(13-15)19-7-2-3-12-26-19/h2-7,12-13,17-18H,8-11,14H2,1H3,(H2,25,27,28). The summed E-state index contributed by atoms with van der Waals surface area (Å²) in [5, 5.41) is 6.50. The molecule has 0 bridgehead atoms. The van der Waals surface area contributed by atoms with Crippen LogP contribution in [0.15, 0.2) is 53.7 Å². The second-order valence-corrected chi connectivity index (χ2v) is 7.08. The van der Waals surface area contributed by atoms with Gasteiger partial charge in [0.15, 0.2) is 5.96 Å². The normalized spacial score (nSPS) is 20.6. The number of alkyl halides is 3. The van der Waals surface area contributed by atoms with E-state index < -0.39 is 12.1 Å². The van der Waals surface area contributed by atoms with Crippen molar-refractivity contribution in [1.29, 1.82) is 0 Å². The monoisotopic (exact) mass is 390 g/mol. The molecular formula is C21H25F3N4. The predicted molar refractivity (Wildman–Crippen MR) is 105 cm³/mol. The molecule has 4 nitrogen and oxygen atoms in total. The Hall–Kier alpha value is -2.57. The van der Waals surface area contributed by atoms with Crippen LogP contribution in [0, 0.1) is 5.92 Å². The summed E-state index contributed by atoms with van der Waals surface area (Å²) in [6, 6.07) is 13.9. The number of aliphatic imine (C=N–C) groups is 1. The van der Waals surface area contributed by atoms with Crippen LogP contribution in [-0.2, 0) is 6.54 Å².